The second kappa shape index (κ2) is 11.3. The summed E-state index contributed by atoms with van der Waals surface area (Å²) in [7, 11) is 1.58. The number of carbonyl (C=O) groups excluding carboxylic acids is 1. The Morgan fingerprint density at radius 1 is 1.25 bits per heavy atom. The molecule has 0 bridgehead atoms. The lowest BCUT2D eigenvalue weighted by molar-refractivity contribution is -0.116. The Labute approximate surface area is 98.4 Å². The summed E-state index contributed by atoms with van der Waals surface area (Å²) in [6.07, 6.45) is 7.28. The first-order valence-corrected chi connectivity index (χ1v) is 5.24. The summed E-state index contributed by atoms with van der Waals surface area (Å²) < 4.78 is 0. The minimum Gasteiger partial charge on any atom is -0.399 e. The molecule has 0 aliphatic carbocycles. The number of allylic oxidation sites excluding steroid dienone is 4. The van der Waals surface area contributed by atoms with Gasteiger partial charge in [-0.1, -0.05) is 44.7 Å². The van der Waals surface area contributed by atoms with Gasteiger partial charge in [0.15, 0.2) is 0 Å². The SMILES string of the molecule is C=C(N)/C=C\C(=C)C/C=C\C(=O)NC.CC. The maximum absolute atomic E-state index is 10.8. The molecule has 0 aromatic heterocycles. The van der Waals surface area contributed by atoms with Crippen molar-refractivity contribution in [1.29, 1.82) is 0 Å². The molecule has 90 valence electrons. The summed E-state index contributed by atoms with van der Waals surface area (Å²) in [4.78, 5) is 10.8. The van der Waals surface area contributed by atoms with E-state index in [1.54, 1.807) is 25.3 Å². The normalized spacial score (nSPS) is 9.69. The standard InChI is InChI=1S/C11H16N2O.C2H6/c1-9(7-8-10(2)12)5-4-6-11(14)13-3;1-2/h4,6-8H,1-2,5,12H2,3H3,(H,13,14);1-2H3/b6-4-,8-7-;. The molecule has 0 aliphatic rings. The molecule has 3 N–H and O–H groups in total. The Bertz CT molecular complexity index is 288. The van der Waals surface area contributed by atoms with Gasteiger partial charge in [-0.25, -0.2) is 0 Å². The lowest BCUT2D eigenvalue weighted by atomic mass is 10.2. The molecule has 3 nitrogen and oxygen atoms in total. The zero-order chi connectivity index (χ0) is 13.0. The van der Waals surface area contributed by atoms with Crippen LogP contribution in [0.2, 0.25) is 0 Å². The van der Waals surface area contributed by atoms with E-state index in [9.17, 15) is 4.79 Å². The van der Waals surface area contributed by atoms with Gasteiger partial charge in [0.2, 0.25) is 5.91 Å². The van der Waals surface area contributed by atoms with Crippen molar-refractivity contribution in [2.75, 3.05) is 7.05 Å². The van der Waals surface area contributed by atoms with E-state index in [2.05, 4.69) is 18.5 Å². The minimum atomic E-state index is -0.120. The zero-order valence-electron chi connectivity index (χ0n) is 10.4. The van der Waals surface area contributed by atoms with Crippen LogP contribution in [-0.4, -0.2) is 13.0 Å². The molecule has 3 heteroatoms. The number of likely N-dealkylation sites (N-methyl/N-ethyl adjacent to an activating group) is 1. The number of hydrogen-bond donors (Lipinski definition) is 2. The number of hydrogen-bond acceptors (Lipinski definition) is 2. The third-order valence-electron chi connectivity index (χ3n) is 1.43. The highest BCUT2D eigenvalue weighted by atomic mass is 16.1. The first-order chi connectivity index (χ1) is 7.56. The van der Waals surface area contributed by atoms with E-state index in [1.807, 2.05) is 13.8 Å². The summed E-state index contributed by atoms with van der Waals surface area (Å²) in [5.74, 6) is -0.120. The van der Waals surface area contributed by atoms with Gasteiger partial charge in [0, 0.05) is 12.7 Å². The number of nitrogens with two attached hydrogens (primary N) is 1. The smallest absolute Gasteiger partial charge is 0.243 e. The first-order valence-electron chi connectivity index (χ1n) is 5.24. The van der Waals surface area contributed by atoms with Crippen LogP contribution in [0.1, 0.15) is 20.3 Å². The van der Waals surface area contributed by atoms with Gasteiger partial charge in [-0.05, 0) is 18.6 Å². The molecule has 0 fully saturated rings. The molecule has 0 unspecified atom stereocenters. The third-order valence-corrected chi connectivity index (χ3v) is 1.43. The summed E-state index contributed by atoms with van der Waals surface area (Å²) in [6.45, 7) is 11.3. The van der Waals surface area contributed by atoms with Crippen molar-refractivity contribution in [1.82, 2.24) is 5.32 Å². The van der Waals surface area contributed by atoms with Crippen LogP contribution in [0.25, 0.3) is 0 Å². The Morgan fingerprint density at radius 3 is 2.25 bits per heavy atom. The first kappa shape index (κ1) is 16.7. The molecule has 0 saturated heterocycles. The van der Waals surface area contributed by atoms with Gasteiger partial charge < -0.3 is 11.1 Å². The van der Waals surface area contributed by atoms with Crippen LogP contribution in [0, 0.1) is 0 Å². The molecule has 0 spiro atoms. The van der Waals surface area contributed by atoms with Crippen molar-refractivity contribution in [2.45, 2.75) is 20.3 Å². The molecule has 0 aliphatic heterocycles. The van der Waals surface area contributed by atoms with Gasteiger partial charge in [0.25, 0.3) is 0 Å². The monoisotopic (exact) mass is 222 g/mol. The van der Waals surface area contributed by atoms with E-state index in [0.29, 0.717) is 12.1 Å². The third kappa shape index (κ3) is 12.2. The van der Waals surface area contributed by atoms with Crippen molar-refractivity contribution >= 4 is 5.91 Å². The maximum Gasteiger partial charge on any atom is 0.243 e. The topological polar surface area (TPSA) is 55.1 Å². The van der Waals surface area contributed by atoms with Crippen molar-refractivity contribution in [2.24, 2.45) is 5.73 Å². The summed E-state index contributed by atoms with van der Waals surface area (Å²) in [6, 6.07) is 0. The molecule has 0 aromatic rings. The van der Waals surface area contributed by atoms with E-state index in [-0.39, 0.29) is 5.91 Å². The molecule has 0 aromatic carbocycles. The summed E-state index contributed by atoms with van der Waals surface area (Å²) in [5, 5.41) is 2.48. The number of rotatable bonds is 5. The van der Waals surface area contributed by atoms with E-state index in [0.717, 1.165) is 5.57 Å². The predicted octanol–water partition coefficient (Wildman–Crippen LogP) is 2.29. The fourth-order valence-corrected chi connectivity index (χ4v) is 0.694. The Hall–Kier alpha value is -1.77. The Balaban J connectivity index is 0. The van der Waals surface area contributed by atoms with E-state index < -0.39 is 0 Å². The van der Waals surface area contributed by atoms with Gasteiger partial charge >= 0.3 is 0 Å². The number of nitrogens with one attached hydrogen (secondary N) is 1. The van der Waals surface area contributed by atoms with E-state index in [1.165, 1.54) is 6.08 Å². The van der Waals surface area contributed by atoms with Gasteiger partial charge in [-0.3, -0.25) is 4.79 Å². The molecule has 0 atom stereocenters. The molecular weight excluding hydrogens is 200 g/mol. The molecule has 0 rings (SSSR count). The van der Waals surface area contributed by atoms with Crippen molar-refractivity contribution in [3.8, 4) is 0 Å². The highest BCUT2D eigenvalue weighted by Gasteiger charge is 1.88. The van der Waals surface area contributed by atoms with Crippen LogP contribution in [0.3, 0.4) is 0 Å². The van der Waals surface area contributed by atoms with Crippen LogP contribution in [0.5, 0.6) is 0 Å². The molecular formula is C13H22N2O. The molecule has 16 heavy (non-hydrogen) atoms. The fraction of sp³-hybridized carbons (Fsp3) is 0.308. The Morgan fingerprint density at radius 2 is 1.81 bits per heavy atom. The fourth-order valence-electron chi connectivity index (χ4n) is 0.694. The second-order valence-electron chi connectivity index (χ2n) is 2.79. The van der Waals surface area contributed by atoms with Crippen molar-refractivity contribution in [3.63, 3.8) is 0 Å². The second-order valence-corrected chi connectivity index (χ2v) is 2.79. The highest BCUT2D eigenvalue weighted by molar-refractivity contribution is 5.87. The van der Waals surface area contributed by atoms with Gasteiger partial charge in [0.1, 0.15) is 0 Å². The molecule has 0 heterocycles. The van der Waals surface area contributed by atoms with Gasteiger partial charge in [0.05, 0.1) is 0 Å². The average molecular weight is 222 g/mol. The van der Waals surface area contributed by atoms with E-state index in [4.69, 9.17) is 5.73 Å². The van der Waals surface area contributed by atoms with Gasteiger partial charge in [-0.2, -0.15) is 0 Å². The summed E-state index contributed by atoms with van der Waals surface area (Å²) in [5.41, 5.74) is 6.69. The number of carbonyl (C=O) groups is 1. The average Bonchev–Trinajstić information content (AvgIpc) is 2.28. The largest absolute Gasteiger partial charge is 0.399 e. The van der Waals surface area contributed by atoms with Crippen LogP contribution in [-0.2, 0) is 4.79 Å². The zero-order valence-corrected chi connectivity index (χ0v) is 10.4. The lowest BCUT2D eigenvalue weighted by Gasteiger charge is -1.94. The van der Waals surface area contributed by atoms with Crippen molar-refractivity contribution in [3.05, 3.63) is 48.7 Å². The summed E-state index contributed by atoms with van der Waals surface area (Å²) >= 11 is 0. The lowest BCUT2D eigenvalue weighted by Crippen LogP contribution is -2.13. The van der Waals surface area contributed by atoms with Crippen LogP contribution in [0.15, 0.2) is 48.7 Å². The highest BCUT2D eigenvalue weighted by Crippen LogP contribution is 2.01. The molecule has 1 amide bonds. The molecule has 0 saturated carbocycles. The Kier molecular flexibility index (Phi) is 11.8. The number of amides is 1. The van der Waals surface area contributed by atoms with Crippen LogP contribution >= 0.6 is 0 Å². The van der Waals surface area contributed by atoms with Gasteiger partial charge in [-0.15, -0.1) is 0 Å². The van der Waals surface area contributed by atoms with Crippen LogP contribution in [0.4, 0.5) is 0 Å². The van der Waals surface area contributed by atoms with Crippen LogP contribution < -0.4 is 11.1 Å². The van der Waals surface area contributed by atoms with Crippen molar-refractivity contribution < 1.29 is 4.79 Å². The van der Waals surface area contributed by atoms with E-state index >= 15 is 0 Å². The maximum atomic E-state index is 10.8. The minimum absolute atomic E-state index is 0.120. The quantitative estimate of drug-likeness (QED) is 0.554. The predicted molar refractivity (Wildman–Crippen MR) is 70.8 cm³/mol. The molecule has 0 radical (unpaired) electrons.